The fraction of sp³-hybridized carbons (Fsp3) is 0.632. The molecule has 7 nitrogen and oxygen atoms in total. The second-order valence-corrected chi connectivity index (χ2v) is 8.56. The van der Waals surface area contributed by atoms with Crippen molar-refractivity contribution in [1.29, 1.82) is 0 Å². The van der Waals surface area contributed by atoms with Gasteiger partial charge in [-0.05, 0) is 63.8 Å². The average molecular weight is 389 g/mol. The molecule has 0 aromatic carbocycles. The third-order valence-corrected chi connectivity index (χ3v) is 6.48. The van der Waals surface area contributed by atoms with E-state index in [0.717, 1.165) is 54.7 Å². The lowest BCUT2D eigenvalue weighted by molar-refractivity contribution is 0.0201. The number of likely N-dealkylation sites (tertiary alicyclic amines) is 1. The molecule has 0 spiro atoms. The molecule has 2 aliphatic rings. The van der Waals surface area contributed by atoms with Crippen molar-refractivity contribution < 1.29 is 5.11 Å². The maximum absolute atomic E-state index is 9.63. The van der Waals surface area contributed by atoms with Gasteiger partial charge in [-0.25, -0.2) is 4.98 Å². The van der Waals surface area contributed by atoms with Crippen LogP contribution in [-0.4, -0.2) is 62.7 Å². The molecule has 0 unspecified atom stereocenters. The van der Waals surface area contributed by atoms with E-state index < -0.39 is 0 Å². The zero-order chi connectivity index (χ0) is 18.9. The molecule has 2 aromatic heterocycles. The highest BCUT2D eigenvalue weighted by molar-refractivity contribution is 7.10. The van der Waals surface area contributed by atoms with Crippen LogP contribution in [0.15, 0.2) is 12.3 Å². The Labute approximate surface area is 164 Å². The van der Waals surface area contributed by atoms with Crippen molar-refractivity contribution in [1.82, 2.24) is 19.2 Å². The van der Waals surface area contributed by atoms with E-state index in [1.807, 2.05) is 19.2 Å². The number of rotatable bonds is 6. The van der Waals surface area contributed by atoms with Crippen LogP contribution < -0.4 is 10.2 Å². The van der Waals surface area contributed by atoms with E-state index in [1.54, 1.807) is 0 Å². The lowest BCUT2D eigenvalue weighted by Gasteiger charge is -2.57. The van der Waals surface area contributed by atoms with Crippen molar-refractivity contribution >= 4 is 28.3 Å². The number of anilines is 3. The molecule has 0 saturated carbocycles. The number of nitrogens with one attached hydrogen (secondary N) is 1. The predicted octanol–water partition coefficient (Wildman–Crippen LogP) is 2.72. The molecule has 0 bridgehead atoms. The maximum Gasteiger partial charge on any atom is 0.229 e. The van der Waals surface area contributed by atoms with Crippen LogP contribution in [0.1, 0.15) is 36.9 Å². The Morgan fingerprint density at radius 2 is 2.00 bits per heavy atom. The van der Waals surface area contributed by atoms with Gasteiger partial charge < -0.3 is 15.3 Å². The maximum atomic E-state index is 9.63. The van der Waals surface area contributed by atoms with Crippen molar-refractivity contribution in [2.45, 2.75) is 45.1 Å². The molecule has 146 valence electrons. The van der Waals surface area contributed by atoms with Gasteiger partial charge in [-0.3, -0.25) is 4.90 Å². The first-order valence-electron chi connectivity index (χ1n) is 9.74. The van der Waals surface area contributed by atoms with Gasteiger partial charge in [0.15, 0.2) is 0 Å². The third-order valence-electron chi connectivity index (χ3n) is 5.68. The summed E-state index contributed by atoms with van der Waals surface area (Å²) in [5.74, 6) is 1.59. The minimum absolute atomic E-state index is 0.0922. The van der Waals surface area contributed by atoms with Crippen molar-refractivity contribution in [3.8, 4) is 0 Å². The van der Waals surface area contributed by atoms with Crippen LogP contribution in [0.25, 0.3) is 0 Å². The van der Waals surface area contributed by atoms with Gasteiger partial charge in [-0.1, -0.05) is 6.42 Å². The van der Waals surface area contributed by atoms with E-state index >= 15 is 0 Å². The molecule has 0 amide bonds. The number of aliphatic hydroxyl groups is 1. The van der Waals surface area contributed by atoms with Crippen LogP contribution in [-0.2, 0) is 0 Å². The second kappa shape index (κ2) is 7.69. The number of nitrogens with zero attached hydrogens (tertiary/aromatic N) is 5. The highest BCUT2D eigenvalue weighted by Gasteiger charge is 2.48. The Morgan fingerprint density at radius 3 is 2.67 bits per heavy atom. The van der Waals surface area contributed by atoms with Crippen molar-refractivity contribution in [3.63, 3.8) is 0 Å². The van der Waals surface area contributed by atoms with Gasteiger partial charge in [-0.2, -0.15) is 9.36 Å². The van der Waals surface area contributed by atoms with E-state index in [9.17, 15) is 5.11 Å². The summed E-state index contributed by atoms with van der Waals surface area (Å²) < 4.78 is 4.29. The van der Waals surface area contributed by atoms with Crippen LogP contribution in [0.5, 0.6) is 0 Å². The van der Waals surface area contributed by atoms with Gasteiger partial charge in [0, 0.05) is 31.5 Å². The van der Waals surface area contributed by atoms with Gasteiger partial charge in [0.25, 0.3) is 0 Å². The van der Waals surface area contributed by atoms with Crippen LogP contribution in [0.3, 0.4) is 0 Å². The lowest BCUT2D eigenvalue weighted by Crippen LogP contribution is -2.71. The molecular weight excluding hydrogens is 360 g/mol. The lowest BCUT2D eigenvalue weighted by atomic mass is 9.83. The number of aliphatic hydroxyl groups excluding tert-OH is 1. The summed E-state index contributed by atoms with van der Waals surface area (Å²) in [6, 6.07) is 2.00. The third kappa shape index (κ3) is 3.79. The molecule has 0 radical (unpaired) electrons. The number of piperidine rings is 1. The molecule has 2 aromatic rings. The summed E-state index contributed by atoms with van der Waals surface area (Å²) in [6.45, 7) is 8.41. The quantitative estimate of drug-likeness (QED) is 0.788. The summed E-state index contributed by atoms with van der Waals surface area (Å²) in [5.41, 5.74) is 2.17. The van der Waals surface area contributed by atoms with Gasteiger partial charge in [-0.15, -0.1) is 0 Å². The summed E-state index contributed by atoms with van der Waals surface area (Å²) in [6.07, 6.45) is 6.57. The monoisotopic (exact) mass is 388 g/mol. The number of hydrogen-bond acceptors (Lipinski definition) is 8. The van der Waals surface area contributed by atoms with E-state index in [4.69, 9.17) is 4.98 Å². The van der Waals surface area contributed by atoms with Gasteiger partial charge in [0.05, 0.1) is 11.2 Å². The highest BCUT2D eigenvalue weighted by Crippen LogP contribution is 2.37. The van der Waals surface area contributed by atoms with Crippen LogP contribution in [0.4, 0.5) is 16.8 Å². The average Bonchev–Trinajstić information content (AvgIpc) is 3.05. The molecule has 2 fully saturated rings. The standard InChI is InChI=1S/C19H28N6OS/c1-14-11-20-18(21-16-10-15(2)23-27-16)22-17(14)24-12-19(13-24,6-9-26)25-7-4-3-5-8-25/h10-11,26H,3-9,12-13H2,1-2H3,(H,20,21,22). The van der Waals surface area contributed by atoms with E-state index in [1.165, 1.54) is 30.8 Å². The molecule has 0 aliphatic carbocycles. The smallest absolute Gasteiger partial charge is 0.229 e. The van der Waals surface area contributed by atoms with Crippen LogP contribution >= 0.6 is 11.5 Å². The van der Waals surface area contributed by atoms with E-state index in [-0.39, 0.29) is 12.1 Å². The van der Waals surface area contributed by atoms with Crippen LogP contribution in [0, 0.1) is 13.8 Å². The van der Waals surface area contributed by atoms with Crippen molar-refractivity contribution in [3.05, 3.63) is 23.5 Å². The van der Waals surface area contributed by atoms with Crippen molar-refractivity contribution in [2.75, 3.05) is 43.0 Å². The van der Waals surface area contributed by atoms with Crippen molar-refractivity contribution in [2.24, 2.45) is 0 Å². The molecule has 27 heavy (non-hydrogen) atoms. The molecule has 0 atom stereocenters. The first kappa shape index (κ1) is 18.6. The van der Waals surface area contributed by atoms with Gasteiger partial charge in [0.2, 0.25) is 5.95 Å². The summed E-state index contributed by atoms with van der Waals surface area (Å²) in [7, 11) is 0. The summed E-state index contributed by atoms with van der Waals surface area (Å²) in [5, 5.41) is 13.8. The van der Waals surface area contributed by atoms with Gasteiger partial charge in [0.1, 0.15) is 10.8 Å². The number of aryl methyl sites for hydroxylation is 2. The Hall–Kier alpha value is -1.77. The topological polar surface area (TPSA) is 77.4 Å². The molecule has 2 saturated heterocycles. The minimum atomic E-state index is 0.0922. The predicted molar refractivity (Wildman–Crippen MR) is 109 cm³/mol. The molecule has 8 heteroatoms. The fourth-order valence-electron chi connectivity index (χ4n) is 4.25. The second-order valence-electron chi connectivity index (χ2n) is 7.76. The first-order chi connectivity index (χ1) is 13.1. The Bertz CT molecular complexity index is 782. The molecule has 4 heterocycles. The zero-order valence-corrected chi connectivity index (χ0v) is 16.9. The molecule has 2 aliphatic heterocycles. The number of aromatic nitrogens is 3. The summed E-state index contributed by atoms with van der Waals surface area (Å²) in [4.78, 5) is 14.1. The van der Waals surface area contributed by atoms with Crippen LogP contribution in [0.2, 0.25) is 0 Å². The van der Waals surface area contributed by atoms with E-state index in [2.05, 4.69) is 31.4 Å². The van der Waals surface area contributed by atoms with Gasteiger partial charge >= 0.3 is 0 Å². The first-order valence-corrected chi connectivity index (χ1v) is 10.5. The molecular formula is C19H28N6OS. The summed E-state index contributed by atoms with van der Waals surface area (Å²) >= 11 is 1.42. The zero-order valence-electron chi connectivity index (χ0n) is 16.1. The normalized spacial score (nSPS) is 19.7. The fourth-order valence-corrected chi connectivity index (χ4v) is 4.91. The number of hydrogen-bond donors (Lipinski definition) is 2. The van der Waals surface area contributed by atoms with E-state index in [0.29, 0.717) is 5.95 Å². The molecule has 2 N–H and O–H groups in total. The molecule has 4 rings (SSSR count). The SMILES string of the molecule is Cc1cc(Nc2ncc(C)c(N3CC(CCO)(N4CCCCC4)C3)n2)sn1. The Kier molecular flexibility index (Phi) is 5.29. The largest absolute Gasteiger partial charge is 0.396 e. The minimum Gasteiger partial charge on any atom is -0.396 e. The highest BCUT2D eigenvalue weighted by atomic mass is 32.1. The Balaban J connectivity index is 1.49. The Morgan fingerprint density at radius 1 is 1.22 bits per heavy atom.